The first-order valence-electron chi connectivity index (χ1n) is 8.96. The van der Waals surface area contributed by atoms with Gasteiger partial charge in [0.1, 0.15) is 0 Å². The summed E-state index contributed by atoms with van der Waals surface area (Å²) in [6.07, 6.45) is 6.68. The number of ketones is 1. The van der Waals surface area contributed by atoms with Gasteiger partial charge in [-0.05, 0) is 48.9 Å². The van der Waals surface area contributed by atoms with Crippen molar-refractivity contribution in [3.63, 3.8) is 0 Å². The molecule has 0 amide bonds. The maximum Gasteiger partial charge on any atom is 0.191 e. The van der Waals surface area contributed by atoms with Gasteiger partial charge in [0, 0.05) is 18.1 Å². The molecule has 1 aliphatic carbocycles. The molecule has 0 radical (unpaired) electrons. The summed E-state index contributed by atoms with van der Waals surface area (Å²) in [5.41, 5.74) is 2.12. The summed E-state index contributed by atoms with van der Waals surface area (Å²) in [6, 6.07) is 5.93. The van der Waals surface area contributed by atoms with E-state index in [4.69, 9.17) is 0 Å². The van der Waals surface area contributed by atoms with Gasteiger partial charge in [-0.15, -0.1) is 21.5 Å². The molecule has 0 spiro atoms. The molecule has 1 N–H and O–H groups in total. The third-order valence-corrected chi connectivity index (χ3v) is 7.30. The van der Waals surface area contributed by atoms with Gasteiger partial charge in [-0.25, -0.2) is 0 Å². The van der Waals surface area contributed by atoms with Crippen molar-refractivity contribution < 1.29 is 4.79 Å². The molecule has 1 aliphatic rings. The fourth-order valence-corrected chi connectivity index (χ4v) is 5.45. The number of carbonyl (C=O) groups excluding carboxylic acids is 1. The van der Waals surface area contributed by atoms with E-state index in [1.165, 1.54) is 52.8 Å². The lowest BCUT2D eigenvalue weighted by Crippen LogP contribution is -2.10. The van der Waals surface area contributed by atoms with Crippen LogP contribution in [0.5, 0.6) is 0 Å². The molecular formula is C19H22N4OS2. The lowest BCUT2D eigenvalue weighted by atomic mass is 9.87. The Morgan fingerprint density at radius 3 is 3.12 bits per heavy atom. The van der Waals surface area contributed by atoms with Crippen LogP contribution < -0.4 is 0 Å². The molecule has 3 aromatic heterocycles. The van der Waals surface area contributed by atoms with Gasteiger partial charge in [0.25, 0.3) is 0 Å². The van der Waals surface area contributed by atoms with Gasteiger partial charge in [0.2, 0.25) is 0 Å². The molecular weight excluding hydrogens is 364 g/mol. The van der Waals surface area contributed by atoms with E-state index in [1.54, 1.807) is 12.3 Å². The highest BCUT2D eigenvalue weighted by Gasteiger charge is 2.22. The van der Waals surface area contributed by atoms with Crippen LogP contribution >= 0.6 is 23.1 Å². The third-order valence-electron chi connectivity index (χ3n) is 5.05. The van der Waals surface area contributed by atoms with Crippen LogP contribution in [0.2, 0.25) is 0 Å². The van der Waals surface area contributed by atoms with Gasteiger partial charge in [0.15, 0.2) is 16.8 Å². The van der Waals surface area contributed by atoms with E-state index in [0.717, 1.165) is 16.9 Å². The van der Waals surface area contributed by atoms with E-state index in [2.05, 4.69) is 28.2 Å². The minimum atomic E-state index is 0.0711. The van der Waals surface area contributed by atoms with Crippen molar-refractivity contribution in [1.82, 2.24) is 19.7 Å². The van der Waals surface area contributed by atoms with Crippen LogP contribution in [0.4, 0.5) is 0 Å². The highest BCUT2D eigenvalue weighted by molar-refractivity contribution is 7.99. The molecule has 3 aromatic rings. The number of nitrogens with one attached hydrogen (secondary N) is 1. The number of aryl methyl sites for hydroxylation is 1. The second kappa shape index (κ2) is 7.40. The molecule has 0 unspecified atom stereocenters. The normalized spacial score (nSPS) is 16.6. The van der Waals surface area contributed by atoms with Crippen LogP contribution in [0, 0.1) is 5.92 Å². The second-order valence-electron chi connectivity index (χ2n) is 6.74. The zero-order valence-electron chi connectivity index (χ0n) is 15.0. The Balaban J connectivity index is 1.49. The number of nitrogens with zero attached hydrogens (tertiary/aromatic N) is 3. The fraction of sp³-hybridized carbons (Fsp3) is 0.421. The average Bonchev–Trinajstić information content (AvgIpc) is 3.38. The van der Waals surface area contributed by atoms with Gasteiger partial charge >= 0.3 is 0 Å². The summed E-state index contributed by atoms with van der Waals surface area (Å²) >= 11 is 3.28. The molecule has 0 bridgehead atoms. The number of thiophene rings is 1. The summed E-state index contributed by atoms with van der Waals surface area (Å²) in [7, 11) is 1.98. The van der Waals surface area contributed by atoms with Gasteiger partial charge in [0.05, 0.1) is 16.3 Å². The van der Waals surface area contributed by atoms with E-state index in [-0.39, 0.29) is 5.78 Å². The van der Waals surface area contributed by atoms with Gasteiger partial charge in [-0.1, -0.05) is 25.1 Å². The zero-order valence-corrected chi connectivity index (χ0v) is 16.6. The number of hydrogen-bond acceptors (Lipinski definition) is 5. The molecule has 3 heterocycles. The molecule has 0 aliphatic heterocycles. The first kappa shape index (κ1) is 17.5. The highest BCUT2D eigenvalue weighted by atomic mass is 32.2. The Bertz CT molecular complexity index is 910. The quantitative estimate of drug-likeness (QED) is 0.505. The number of thioether (sulfide) groups is 1. The fourth-order valence-electron chi connectivity index (χ4n) is 3.42. The smallest absolute Gasteiger partial charge is 0.191 e. The molecule has 0 saturated carbocycles. The second-order valence-corrected chi connectivity index (χ2v) is 8.82. The lowest BCUT2D eigenvalue weighted by Gasteiger charge is -2.19. The number of Topliss-reactive ketones (excluding diaryl/α,β-unsaturated/α-hetero) is 1. The topological polar surface area (TPSA) is 63.6 Å². The van der Waals surface area contributed by atoms with E-state index in [9.17, 15) is 4.79 Å². The standard InChI is InChI=1S/C19H22N4OS2/c1-3-12-6-7-16-13(9-12)10-17(26-16)18-21-22-19(23(18)2)25-11-15(24)14-5-4-8-20-14/h4-5,8,10,12,20H,3,6-7,9,11H2,1-2H3/t12-/m1/s1. The average molecular weight is 387 g/mol. The molecule has 1 atom stereocenters. The maximum atomic E-state index is 12.2. The molecule has 4 rings (SSSR count). The van der Waals surface area contributed by atoms with E-state index < -0.39 is 0 Å². The summed E-state index contributed by atoms with van der Waals surface area (Å²) in [4.78, 5) is 17.8. The Morgan fingerprint density at radius 1 is 1.46 bits per heavy atom. The van der Waals surface area contributed by atoms with Gasteiger partial charge in [-0.2, -0.15) is 0 Å². The highest BCUT2D eigenvalue weighted by Crippen LogP contribution is 2.38. The van der Waals surface area contributed by atoms with Crippen molar-refractivity contribution in [2.75, 3.05) is 5.75 Å². The predicted octanol–water partition coefficient (Wildman–Crippen LogP) is 4.36. The third kappa shape index (κ3) is 3.38. The van der Waals surface area contributed by atoms with E-state index in [0.29, 0.717) is 11.4 Å². The minimum Gasteiger partial charge on any atom is -0.359 e. The zero-order chi connectivity index (χ0) is 18.1. The Labute approximate surface area is 161 Å². The first-order valence-corrected chi connectivity index (χ1v) is 10.8. The predicted molar refractivity (Wildman–Crippen MR) is 106 cm³/mol. The number of hydrogen-bond donors (Lipinski definition) is 1. The van der Waals surface area contributed by atoms with Crippen molar-refractivity contribution in [3.8, 4) is 10.7 Å². The number of aromatic nitrogens is 4. The van der Waals surface area contributed by atoms with Crippen LogP contribution in [0.3, 0.4) is 0 Å². The van der Waals surface area contributed by atoms with Crippen molar-refractivity contribution in [1.29, 1.82) is 0 Å². The Kier molecular flexibility index (Phi) is 5.00. The summed E-state index contributed by atoms with van der Waals surface area (Å²) in [6.45, 7) is 2.28. The first-order chi connectivity index (χ1) is 12.7. The minimum absolute atomic E-state index is 0.0711. The Morgan fingerprint density at radius 2 is 2.35 bits per heavy atom. The summed E-state index contributed by atoms with van der Waals surface area (Å²) in [5.74, 6) is 2.13. The van der Waals surface area contributed by atoms with Crippen LogP contribution in [0.1, 0.15) is 40.7 Å². The monoisotopic (exact) mass is 386 g/mol. The van der Waals surface area contributed by atoms with E-state index in [1.807, 2.05) is 29.0 Å². The molecule has 7 heteroatoms. The molecule has 0 fully saturated rings. The van der Waals surface area contributed by atoms with Crippen molar-refractivity contribution in [2.24, 2.45) is 13.0 Å². The van der Waals surface area contributed by atoms with Crippen molar-refractivity contribution in [2.45, 2.75) is 37.8 Å². The summed E-state index contributed by atoms with van der Waals surface area (Å²) < 4.78 is 2.00. The maximum absolute atomic E-state index is 12.2. The molecule has 0 aromatic carbocycles. The number of H-pyrrole nitrogens is 1. The van der Waals surface area contributed by atoms with E-state index >= 15 is 0 Å². The number of aromatic amines is 1. The van der Waals surface area contributed by atoms with Crippen LogP contribution in [0.15, 0.2) is 29.6 Å². The largest absolute Gasteiger partial charge is 0.359 e. The molecule has 136 valence electrons. The van der Waals surface area contributed by atoms with Crippen molar-refractivity contribution in [3.05, 3.63) is 40.5 Å². The van der Waals surface area contributed by atoms with Crippen LogP contribution in [0.25, 0.3) is 10.7 Å². The lowest BCUT2D eigenvalue weighted by molar-refractivity contribution is 0.101. The van der Waals surface area contributed by atoms with Gasteiger partial charge in [-0.3, -0.25) is 4.79 Å². The van der Waals surface area contributed by atoms with Gasteiger partial charge < -0.3 is 9.55 Å². The SMILES string of the molecule is CC[C@@H]1CCc2sc(-c3nnc(SCC(=O)c4ccc[nH]4)n3C)cc2C1. The number of fused-ring (bicyclic) bond motifs is 1. The Hall–Kier alpha value is -1.86. The number of rotatable bonds is 6. The van der Waals surface area contributed by atoms with Crippen LogP contribution in [-0.2, 0) is 19.9 Å². The molecule has 0 saturated heterocycles. The number of carbonyl (C=O) groups is 1. The van der Waals surface area contributed by atoms with Crippen LogP contribution in [-0.4, -0.2) is 31.3 Å². The van der Waals surface area contributed by atoms with Crippen molar-refractivity contribution >= 4 is 28.9 Å². The molecule has 5 nitrogen and oxygen atoms in total. The summed E-state index contributed by atoms with van der Waals surface area (Å²) in [5, 5.41) is 9.47. The molecule has 26 heavy (non-hydrogen) atoms.